The molecule has 0 aliphatic carbocycles. The molecule has 10 heteroatoms. The van der Waals surface area contributed by atoms with Crippen LogP contribution in [-0.2, 0) is 9.59 Å². The number of urea groups is 1. The fraction of sp³-hybridized carbons (Fsp3) is 0.118. The fourth-order valence-electron chi connectivity index (χ4n) is 2.32. The molecule has 0 radical (unpaired) electrons. The molecule has 0 unspecified atom stereocenters. The molecule has 27 heavy (non-hydrogen) atoms. The van der Waals surface area contributed by atoms with Gasteiger partial charge >= 0.3 is 12.4 Å². The molecule has 0 aromatic heterocycles. The molecule has 3 rings (SSSR count). The smallest absolute Gasteiger partial charge is 0.457 e. The summed E-state index contributed by atoms with van der Waals surface area (Å²) in [6, 6.07) is 9.75. The largest absolute Gasteiger partial charge is 0.573 e. The highest BCUT2D eigenvalue weighted by atomic mass is 19.4. The number of carbonyl (C=O) groups excluding carboxylic acids is 3. The molecule has 7 nitrogen and oxygen atoms in total. The van der Waals surface area contributed by atoms with Gasteiger partial charge in [-0.3, -0.25) is 14.9 Å². The van der Waals surface area contributed by atoms with Crippen LogP contribution in [0.1, 0.15) is 6.42 Å². The maximum Gasteiger partial charge on any atom is 0.573 e. The van der Waals surface area contributed by atoms with Crippen LogP contribution in [0.5, 0.6) is 17.2 Å². The van der Waals surface area contributed by atoms with Crippen molar-refractivity contribution in [1.82, 2.24) is 5.32 Å². The molecule has 2 aromatic carbocycles. The van der Waals surface area contributed by atoms with E-state index >= 15 is 0 Å². The Balaban J connectivity index is 1.68. The van der Waals surface area contributed by atoms with Crippen molar-refractivity contribution in [3.05, 3.63) is 48.5 Å². The molecule has 1 N–H and O–H groups in total. The van der Waals surface area contributed by atoms with E-state index in [1.165, 1.54) is 36.4 Å². The van der Waals surface area contributed by atoms with E-state index in [1.54, 1.807) is 0 Å². The van der Waals surface area contributed by atoms with Gasteiger partial charge in [-0.25, -0.2) is 9.69 Å². The topological polar surface area (TPSA) is 84.9 Å². The zero-order valence-electron chi connectivity index (χ0n) is 13.4. The minimum absolute atomic E-state index is 0.242. The third-order valence-electron chi connectivity index (χ3n) is 3.40. The van der Waals surface area contributed by atoms with E-state index in [9.17, 15) is 27.6 Å². The van der Waals surface area contributed by atoms with Gasteiger partial charge in [-0.2, -0.15) is 0 Å². The quantitative estimate of drug-likeness (QED) is 0.823. The number of halogens is 3. The summed E-state index contributed by atoms with van der Waals surface area (Å²) in [5.41, 5.74) is 0.242. The zero-order valence-corrected chi connectivity index (χ0v) is 13.4. The van der Waals surface area contributed by atoms with Crippen LogP contribution in [0.3, 0.4) is 0 Å². The van der Waals surface area contributed by atoms with Gasteiger partial charge in [-0.05, 0) is 48.5 Å². The molecule has 0 spiro atoms. The summed E-state index contributed by atoms with van der Waals surface area (Å²) in [5, 5.41) is 2.04. The molecular weight excluding hydrogens is 369 g/mol. The first kappa shape index (κ1) is 18.2. The Labute approximate surface area is 150 Å². The van der Waals surface area contributed by atoms with Gasteiger partial charge < -0.3 is 9.47 Å². The van der Waals surface area contributed by atoms with Crippen LogP contribution in [-0.4, -0.2) is 24.2 Å². The van der Waals surface area contributed by atoms with E-state index in [0.717, 1.165) is 17.0 Å². The van der Waals surface area contributed by atoms with E-state index < -0.39 is 30.6 Å². The summed E-state index contributed by atoms with van der Waals surface area (Å²) in [4.78, 5) is 35.6. The van der Waals surface area contributed by atoms with E-state index in [0.29, 0.717) is 5.75 Å². The van der Waals surface area contributed by atoms with Gasteiger partial charge in [0.15, 0.2) is 0 Å². The van der Waals surface area contributed by atoms with Gasteiger partial charge in [-0.15, -0.1) is 13.2 Å². The number of nitrogens with one attached hydrogen (secondary N) is 1. The van der Waals surface area contributed by atoms with Crippen molar-refractivity contribution in [3.63, 3.8) is 0 Å². The zero-order chi connectivity index (χ0) is 19.6. The average molecular weight is 380 g/mol. The lowest BCUT2D eigenvalue weighted by Gasteiger charge is -2.24. The number of ether oxygens (including phenoxy) is 2. The molecule has 1 saturated heterocycles. The predicted molar refractivity (Wildman–Crippen MR) is 85.3 cm³/mol. The van der Waals surface area contributed by atoms with Gasteiger partial charge in [0.1, 0.15) is 23.7 Å². The Bertz CT molecular complexity index is 859. The molecule has 2 aromatic rings. The highest BCUT2D eigenvalue weighted by Gasteiger charge is 2.32. The standard InChI is InChI=1S/C17H11F3N2O5/c18-17(19,20)27-13-7-5-12(6-8-13)26-11-3-1-10(2-4-11)22-15(24)9-14(23)21-16(22)25/h1-8H,9H2,(H,21,23,25). The Morgan fingerprint density at radius 2 is 1.37 bits per heavy atom. The third-order valence-corrected chi connectivity index (χ3v) is 3.40. The van der Waals surface area contributed by atoms with Gasteiger partial charge in [0.2, 0.25) is 11.8 Å². The molecule has 1 fully saturated rings. The van der Waals surface area contributed by atoms with Crippen molar-refractivity contribution in [2.45, 2.75) is 12.8 Å². The van der Waals surface area contributed by atoms with Crippen LogP contribution in [0.15, 0.2) is 48.5 Å². The highest BCUT2D eigenvalue weighted by Crippen LogP contribution is 2.28. The molecule has 0 atom stereocenters. The molecule has 1 heterocycles. The van der Waals surface area contributed by atoms with E-state index in [1.807, 2.05) is 5.32 Å². The van der Waals surface area contributed by atoms with Crippen molar-refractivity contribution in [2.24, 2.45) is 0 Å². The van der Waals surface area contributed by atoms with Gasteiger partial charge in [0, 0.05) is 0 Å². The lowest BCUT2D eigenvalue weighted by atomic mass is 10.2. The second-order valence-corrected chi connectivity index (χ2v) is 5.37. The van der Waals surface area contributed by atoms with Crippen molar-refractivity contribution in [3.8, 4) is 17.2 Å². The van der Waals surface area contributed by atoms with E-state index in [2.05, 4.69) is 4.74 Å². The Kier molecular flexibility index (Phi) is 4.72. The van der Waals surface area contributed by atoms with Crippen molar-refractivity contribution in [2.75, 3.05) is 4.90 Å². The summed E-state index contributed by atoms with van der Waals surface area (Å²) in [5.74, 6) is -1.12. The molecule has 1 aliphatic rings. The molecule has 0 bridgehead atoms. The first-order chi connectivity index (χ1) is 12.7. The van der Waals surface area contributed by atoms with E-state index in [4.69, 9.17) is 4.74 Å². The van der Waals surface area contributed by atoms with Crippen LogP contribution < -0.4 is 19.7 Å². The predicted octanol–water partition coefficient (Wildman–Crippen LogP) is 3.35. The van der Waals surface area contributed by atoms with Crippen molar-refractivity contribution in [1.29, 1.82) is 0 Å². The SMILES string of the molecule is O=C1CC(=O)N(c2ccc(Oc3ccc(OC(F)(F)F)cc3)cc2)C(=O)N1. The number of anilines is 1. The number of barbiturate groups is 1. The van der Waals surface area contributed by atoms with Crippen LogP contribution in [0.25, 0.3) is 0 Å². The molecule has 140 valence electrons. The minimum Gasteiger partial charge on any atom is -0.457 e. The van der Waals surface area contributed by atoms with Crippen LogP contribution in [0.2, 0.25) is 0 Å². The van der Waals surface area contributed by atoms with Gasteiger partial charge in [0.25, 0.3) is 0 Å². The Morgan fingerprint density at radius 3 is 1.89 bits per heavy atom. The monoisotopic (exact) mass is 380 g/mol. The van der Waals surface area contributed by atoms with Crippen LogP contribution in [0.4, 0.5) is 23.7 Å². The normalized spacial score (nSPS) is 14.8. The molecule has 0 saturated carbocycles. The van der Waals surface area contributed by atoms with Crippen molar-refractivity contribution >= 4 is 23.5 Å². The minimum atomic E-state index is -4.78. The molecular formula is C17H11F3N2O5. The summed E-state index contributed by atoms with van der Waals surface area (Å²) in [6.07, 6.45) is -5.21. The number of carbonyl (C=O) groups is 3. The van der Waals surface area contributed by atoms with Gasteiger partial charge in [-0.1, -0.05) is 0 Å². The second kappa shape index (κ2) is 6.98. The number of imide groups is 2. The summed E-state index contributed by atoms with van der Waals surface area (Å²) in [6.45, 7) is 0. The first-order valence-electron chi connectivity index (χ1n) is 7.52. The summed E-state index contributed by atoms with van der Waals surface area (Å²) >= 11 is 0. The maximum atomic E-state index is 12.1. The third kappa shape index (κ3) is 4.54. The second-order valence-electron chi connectivity index (χ2n) is 5.37. The Morgan fingerprint density at radius 1 is 0.852 bits per heavy atom. The number of nitrogens with zero attached hydrogens (tertiary/aromatic N) is 1. The summed E-state index contributed by atoms with van der Waals surface area (Å²) < 4.78 is 45.6. The number of benzene rings is 2. The van der Waals surface area contributed by atoms with Crippen LogP contribution >= 0.6 is 0 Å². The fourth-order valence-corrected chi connectivity index (χ4v) is 2.32. The Hall–Kier alpha value is -3.56. The van der Waals surface area contributed by atoms with E-state index in [-0.39, 0.29) is 17.2 Å². The molecule has 4 amide bonds. The first-order valence-corrected chi connectivity index (χ1v) is 7.52. The lowest BCUT2D eigenvalue weighted by Crippen LogP contribution is -2.52. The number of amides is 4. The number of hydrogen-bond acceptors (Lipinski definition) is 5. The number of rotatable bonds is 4. The number of hydrogen-bond donors (Lipinski definition) is 1. The van der Waals surface area contributed by atoms with Crippen LogP contribution in [0, 0.1) is 0 Å². The number of alkyl halides is 3. The lowest BCUT2D eigenvalue weighted by molar-refractivity contribution is -0.274. The highest BCUT2D eigenvalue weighted by molar-refractivity contribution is 6.26. The van der Waals surface area contributed by atoms with Gasteiger partial charge in [0.05, 0.1) is 5.69 Å². The maximum absolute atomic E-state index is 12.1. The summed E-state index contributed by atoms with van der Waals surface area (Å²) in [7, 11) is 0. The molecule has 1 aliphatic heterocycles. The van der Waals surface area contributed by atoms with Crippen molar-refractivity contribution < 1.29 is 37.0 Å². The average Bonchev–Trinajstić information content (AvgIpc) is 2.56.